The topological polar surface area (TPSA) is 3.24 Å². The molecule has 1 nitrogen and oxygen atoms in total. The summed E-state index contributed by atoms with van der Waals surface area (Å²) in [4.78, 5) is 1.23. The summed E-state index contributed by atoms with van der Waals surface area (Å²) >= 11 is 0. The maximum atomic E-state index is 7.25. The molecule has 0 aliphatic heterocycles. The molecule has 0 fully saturated rings. The van der Waals surface area contributed by atoms with Crippen LogP contribution in [0.2, 0.25) is 0 Å². The lowest BCUT2D eigenvalue weighted by Gasteiger charge is -2.03. The molecule has 0 N–H and O–H groups in total. The Morgan fingerprint density at radius 2 is 2.17 bits per heavy atom. The van der Waals surface area contributed by atoms with Crippen LogP contribution in [0.4, 0.5) is 0 Å². The summed E-state index contributed by atoms with van der Waals surface area (Å²) in [7, 11) is 3.03. The van der Waals surface area contributed by atoms with Gasteiger partial charge in [0.1, 0.15) is 0 Å². The predicted octanol–water partition coefficient (Wildman–Crippen LogP) is 0.958. The highest BCUT2D eigenvalue weighted by molar-refractivity contribution is 4.34. The first-order chi connectivity index (χ1) is 4.19. The smallest absolute Gasteiger partial charge is 0.0430 e. The van der Waals surface area contributed by atoms with Gasteiger partial charge in [0, 0.05) is 5.48 Å². The Bertz CT molecular complexity index is 115. The fourth-order valence-electron chi connectivity index (χ4n) is 0.224. The Kier molecular flexibility index (Phi) is 0.962. The standard InChI is InChI=1S/C5H13N/c1-4-5-6(2)3/h4-5H2,1-3H3/i4D2,5D2. The average molecular weight is 91.2 g/mol. The second-order valence-electron chi connectivity index (χ2n) is 1.26. The Balaban J connectivity index is 4.40. The van der Waals surface area contributed by atoms with E-state index in [9.17, 15) is 0 Å². The van der Waals surface area contributed by atoms with E-state index in [0.29, 0.717) is 0 Å². The highest BCUT2D eigenvalue weighted by Crippen LogP contribution is 1.76. The molecule has 0 aliphatic carbocycles. The summed E-state index contributed by atoms with van der Waals surface area (Å²) in [5, 5.41) is 0. The minimum absolute atomic E-state index is 1.23. The van der Waals surface area contributed by atoms with Crippen molar-refractivity contribution in [2.24, 2.45) is 0 Å². The van der Waals surface area contributed by atoms with Crippen molar-refractivity contribution in [2.45, 2.75) is 13.3 Å². The van der Waals surface area contributed by atoms with E-state index in [1.54, 1.807) is 0 Å². The maximum Gasteiger partial charge on any atom is 0.0430 e. The summed E-state index contributed by atoms with van der Waals surface area (Å²) < 4.78 is 28.7. The molecule has 0 spiro atoms. The van der Waals surface area contributed by atoms with Crippen LogP contribution < -0.4 is 0 Å². The van der Waals surface area contributed by atoms with Gasteiger partial charge in [-0.05, 0) is 27.0 Å². The van der Waals surface area contributed by atoms with Crippen LogP contribution in [0.1, 0.15) is 18.8 Å². The zero-order valence-electron chi connectivity index (χ0n) is 8.45. The Morgan fingerprint density at radius 1 is 1.67 bits per heavy atom. The minimum atomic E-state index is -1.90. The molecule has 0 aromatic carbocycles. The van der Waals surface area contributed by atoms with Gasteiger partial charge in [-0.3, -0.25) is 0 Å². The van der Waals surface area contributed by atoms with Crippen LogP contribution in [0.25, 0.3) is 0 Å². The van der Waals surface area contributed by atoms with Gasteiger partial charge in [-0.15, -0.1) is 0 Å². The molecular formula is C5H13N. The van der Waals surface area contributed by atoms with Crippen LogP contribution in [0, 0.1) is 0 Å². The quantitative estimate of drug-likeness (QED) is 0.489. The molecule has 0 saturated carbocycles. The summed E-state index contributed by atoms with van der Waals surface area (Å²) in [6.45, 7) is -0.667. The molecule has 1 heteroatoms. The van der Waals surface area contributed by atoms with Crippen LogP contribution in [0.3, 0.4) is 0 Å². The van der Waals surface area contributed by atoms with E-state index in [1.807, 2.05) is 0 Å². The minimum Gasteiger partial charge on any atom is -0.309 e. The Morgan fingerprint density at radius 3 is 2.17 bits per heavy atom. The third-order valence-electron chi connectivity index (χ3n) is 0.335. The molecule has 0 saturated heterocycles. The largest absolute Gasteiger partial charge is 0.309 e. The molecule has 0 heterocycles. The molecule has 6 heavy (non-hydrogen) atoms. The highest BCUT2D eigenvalue weighted by Gasteiger charge is 1.79. The fraction of sp³-hybridized carbons (Fsp3) is 1.00. The van der Waals surface area contributed by atoms with Crippen LogP contribution in [-0.4, -0.2) is 25.5 Å². The van der Waals surface area contributed by atoms with Gasteiger partial charge in [0.25, 0.3) is 0 Å². The van der Waals surface area contributed by atoms with Crippen molar-refractivity contribution in [2.75, 3.05) is 20.6 Å². The maximum absolute atomic E-state index is 7.25. The molecule has 0 bridgehead atoms. The molecule has 0 aromatic heterocycles. The Hall–Kier alpha value is -0.0400. The van der Waals surface area contributed by atoms with Crippen molar-refractivity contribution >= 4 is 0 Å². The molecule has 0 aliphatic rings. The van der Waals surface area contributed by atoms with E-state index >= 15 is 0 Å². The van der Waals surface area contributed by atoms with Gasteiger partial charge in [-0.2, -0.15) is 0 Å². The van der Waals surface area contributed by atoms with Crippen molar-refractivity contribution in [3.05, 3.63) is 0 Å². The van der Waals surface area contributed by atoms with Gasteiger partial charge >= 0.3 is 0 Å². The fourth-order valence-corrected chi connectivity index (χ4v) is 0.224. The Labute approximate surface area is 45.6 Å². The van der Waals surface area contributed by atoms with Gasteiger partial charge in [0.2, 0.25) is 0 Å². The monoisotopic (exact) mass is 91.1 g/mol. The summed E-state index contributed by atoms with van der Waals surface area (Å²) in [6.07, 6.45) is -1.82. The third kappa shape index (κ3) is 3.96. The van der Waals surface area contributed by atoms with Crippen LogP contribution in [0.5, 0.6) is 0 Å². The van der Waals surface area contributed by atoms with E-state index in [2.05, 4.69) is 0 Å². The second kappa shape index (κ2) is 3.16. The van der Waals surface area contributed by atoms with E-state index in [-0.39, 0.29) is 0 Å². The number of hydrogen-bond acceptors (Lipinski definition) is 1. The molecule has 0 unspecified atom stereocenters. The first-order valence-electron chi connectivity index (χ1n) is 3.87. The van der Waals surface area contributed by atoms with Crippen molar-refractivity contribution in [1.29, 1.82) is 0 Å². The third-order valence-corrected chi connectivity index (χ3v) is 0.335. The molecular weight excluding hydrogens is 74.1 g/mol. The van der Waals surface area contributed by atoms with Gasteiger partial charge < -0.3 is 4.90 Å². The van der Waals surface area contributed by atoms with Gasteiger partial charge in [0.15, 0.2) is 0 Å². The SMILES string of the molecule is [2H]C([2H])(C)C([2H])([2H])N(C)C. The average Bonchev–Trinajstić information content (AvgIpc) is 1.62. The first kappa shape index (κ1) is 1.83. The summed E-state index contributed by atoms with van der Waals surface area (Å²) in [5.41, 5.74) is 0. The second-order valence-corrected chi connectivity index (χ2v) is 1.26. The zero-order chi connectivity index (χ0) is 8.58. The van der Waals surface area contributed by atoms with Crippen molar-refractivity contribution < 1.29 is 5.48 Å². The van der Waals surface area contributed by atoms with Crippen molar-refractivity contribution in [3.8, 4) is 0 Å². The zero-order valence-corrected chi connectivity index (χ0v) is 4.45. The number of nitrogens with zero attached hydrogens (tertiary/aromatic N) is 1. The summed E-state index contributed by atoms with van der Waals surface area (Å²) in [6, 6.07) is 0. The van der Waals surface area contributed by atoms with Crippen molar-refractivity contribution in [3.63, 3.8) is 0 Å². The van der Waals surface area contributed by atoms with Gasteiger partial charge in [-0.25, -0.2) is 0 Å². The summed E-state index contributed by atoms with van der Waals surface area (Å²) in [5.74, 6) is 0. The molecule has 0 rings (SSSR count). The normalized spacial score (nSPS) is 24.7. The van der Waals surface area contributed by atoms with E-state index in [1.165, 1.54) is 25.9 Å². The number of hydrogen-bond donors (Lipinski definition) is 0. The predicted molar refractivity (Wildman–Crippen MR) is 28.8 cm³/mol. The molecule has 0 radical (unpaired) electrons. The van der Waals surface area contributed by atoms with Crippen LogP contribution in [-0.2, 0) is 0 Å². The van der Waals surface area contributed by atoms with Crippen LogP contribution >= 0.6 is 0 Å². The van der Waals surface area contributed by atoms with Crippen molar-refractivity contribution in [1.82, 2.24) is 4.90 Å². The lowest BCUT2D eigenvalue weighted by atomic mass is 10.5. The lowest BCUT2D eigenvalue weighted by molar-refractivity contribution is 0.408. The van der Waals surface area contributed by atoms with Gasteiger partial charge in [-0.1, -0.05) is 6.92 Å². The van der Waals surface area contributed by atoms with E-state index < -0.39 is 12.9 Å². The number of rotatable bonds is 2. The van der Waals surface area contributed by atoms with Gasteiger partial charge in [0.05, 0.1) is 0 Å². The van der Waals surface area contributed by atoms with E-state index in [0.717, 1.165) is 0 Å². The highest BCUT2D eigenvalue weighted by atomic mass is 15.0. The van der Waals surface area contributed by atoms with E-state index in [4.69, 9.17) is 5.48 Å². The molecule has 0 atom stereocenters. The lowest BCUT2D eigenvalue weighted by Crippen LogP contribution is -2.11. The van der Waals surface area contributed by atoms with Crippen LogP contribution in [0.15, 0.2) is 0 Å². The first-order valence-corrected chi connectivity index (χ1v) is 1.87. The molecule has 0 amide bonds. The molecule has 38 valence electrons. The molecule has 0 aromatic rings.